The van der Waals surface area contributed by atoms with Crippen LogP contribution in [0.4, 0.5) is 0 Å². The van der Waals surface area contributed by atoms with Gasteiger partial charge in [0, 0.05) is 27.4 Å². The first-order valence-corrected chi connectivity index (χ1v) is 5.51. The van der Waals surface area contributed by atoms with E-state index in [0.29, 0.717) is 12.8 Å². The SMILES string of the molecule is CO[C@H]1CC[C@@H](OC(C)=O)[C@H](COC(C)=O)O1. The molecule has 1 aliphatic rings. The van der Waals surface area contributed by atoms with Gasteiger partial charge < -0.3 is 18.9 Å². The van der Waals surface area contributed by atoms with Gasteiger partial charge in [0.1, 0.15) is 18.8 Å². The van der Waals surface area contributed by atoms with Gasteiger partial charge in [0.25, 0.3) is 0 Å². The molecular formula is C11H18O6. The van der Waals surface area contributed by atoms with Crippen LogP contribution in [0.25, 0.3) is 0 Å². The van der Waals surface area contributed by atoms with Gasteiger partial charge in [-0.25, -0.2) is 0 Å². The predicted octanol–water partition coefficient (Wildman–Crippen LogP) is 0.633. The highest BCUT2D eigenvalue weighted by Crippen LogP contribution is 2.23. The quantitative estimate of drug-likeness (QED) is 0.678. The van der Waals surface area contributed by atoms with E-state index in [0.717, 1.165) is 0 Å². The Bertz CT molecular complexity index is 277. The second-order valence-corrected chi connectivity index (χ2v) is 3.87. The second kappa shape index (κ2) is 6.56. The van der Waals surface area contributed by atoms with E-state index in [1.807, 2.05) is 0 Å². The molecule has 0 radical (unpaired) electrons. The maximum atomic E-state index is 10.9. The molecule has 0 saturated carbocycles. The van der Waals surface area contributed by atoms with Crippen molar-refractivity contribution in [3.63, 3.8) is 0 Å². The largest absolute Gasteiger partial charge is 0.463 e. The Labute approximate surface area is 100 Å². The molecule has 6 nitrogen and oxygen atoms in total. The Morgan fingerprint density at radius 3 is 2.47 bits per heavy atom. The van der Waals surface area contributed by atoms with Crippen molar-refractivity contribution in [1.82, 2.24) is 0 Å². The molecule has 0 unspecified atom stereocenters. The lowest BCUT2D eigenvalue weighted by Gasteiger charge is -2.34. The first kappa shape index (κ1) is 13.9. The van der Waals surface area contributed by atoms with Gasteiger partial charge in [-0.05, 0) is 6.42 Å². The number of carbonyl (C=O) groups excluding carboxylic acids is 2. The molecule has 1 fully saturated rings. The molecule has 0 aliphatic carbocycles. The number of hydrogen-bond acceptors (Lipinski definition) is 6. The number of ether oxygens (including phenoxy) is 4. The van der Waals surface area contributed by atoms with Crippen molar-refractivity contribution in [2.24, 2.45) is 0 Å². The lowest BCUT2D eigenvalue weighted by Crippen LogP contribution is -2.44. The molecule has 0 aromatic rings. The Kier molecular flexibility index (Phi) is 5.37. The van der Waals surface area contributed by atoms with E-state index >= 15 is 0 Å². The number of rotatable bonds is 4. The van der Waals surface area contributed by atoms with Crippen LogP contribution in [-0.2, 0) is 28.5 Å². The summed E-state index contributed by atoms with van der Waals surface area (Å²) in [5, 5.41) is 0. The van der Waals surface area contributed by atoms with E-state index in [9.17, 15) is 9.59 Å². The minimum atomic E-state index is -0.471. The van der Waals surface area contributed by atoms with Gasteiger partial charge in [0.15, 0.2) is 6.29 Å². The molecule has 3 atom stereocenters. The highest BCUT2D eigenvalue weighted by molar-refractivity contribution is 5.66. The fraction of sp³-hybridized carbons (Fsp3) is 0.818. The fourth-order valence-electron chi connectivity index (χ4n) is 1.70. The van der Waals surface area contributed by atoms with E-state index in [1.54, 1.807) is 7.11 Å². The summed E-state index contributed by atoms with van der Waals surface area (Å²) in [4.78, 5) is 21.7. The van der Waals surface area contributed by atoms with Gasteiger partial charge in [0.05, 0.1) is 0 Å². The third kappa shape index (κ3) is 4.70. The predicted molar refractivity (Wildman–Crippen MR) is 57.1 cm³/mol. The van der Waals surface area contributed by atoms with Crippen molar-refractivity contribution >= 4 is 11.9 Å². The highest BCUT2D eigenvalue weighted by Gasteiger charge is 2.34. The zero-order chi connectivity index (χ0) is 12.8. The molecule has 0 N–H and O–H groups in total. The normalized spacial score (nSPS) is 28.5. The molecule has 17 heavy (non-hydrogen) atoms. The van der Waals surface area contributed by atoms with Gasteiger partial charge in [-0.15, -0.1) is 0 Å². The van der Waals surface area contributed by atoms with Crippen molar-refractivity contribution in [3.8, 4) is 0 Å². The number of esters is 2. The molecule has 98 valence electrons. The van der Waals surface area contributed by atoms with Crippen LogP contribution in [0.3, 0.4) is 0 Å². The summed E-state index contributed by atoms with van der Waals surface area (Å²) in [7, 11) is 1.54. The van der Waals surface area contributed by atoms with Crippen LogP contribution in [0.2, 0.25) is 0 Å². The lowest BCUT2D eigenvalue weighted by atomic mass is 10.1. The average molecular weight is 246 g/mol. The van der Waals surface area contributed by atoms with E-state index in [1.165, 1.54) is 13.8 Å². The van der Waals surface area contributed by atoms with Crippen LogP contribution >= 0.6 is 0 Å². The van der Waals surface area contributed by atoms with Crippen LogP contribution in [-0.4, -0.2) is 44.2 Å². The standard InChI is InChI=1S/C11H18O6/c1-7(12)15-6-10-9(16-8(2)13)4-5-11(14-3)17-10/h9-11H,4-6H2,1-3H3/t9-,10+,11-/m1/s1. The summed E-state index contributed by atoms with van der Waals surface area (Å²) in [5.74, 6) is -0.767. The van der Waals surface area contributed by atoms with E-state index < -0.39 is 18.2 Å². The maximum Gasteiger partial charge on any atom is 0.302 e. The number of methoxy groups -OCH3 is 1. The van der Waals surface area contributed by atoms with Crippen molar-refractivity contribution in [2.75, 3.05) is 13.7 Å². The Hall–Kier alpha value is -1.14. The van der Waals surface area contributed by atoms with Crippen LogP contribution in [0.1, 0.15) is 26.7 Å². The van der Waals surface area contributed by atoms with Gasteiger partial charge in [-0.1, -0.05) is 0 Å². The first-order valence-electron chi connectivity index (χ1n) is 5.51. The van der Waals surface area contributed by atoms with Gasteiger partial charge >= 0.3 is 11.9 Å². The van der Waals surface area contributed by atoms with Crippen molar-refractivity contribution in [3.05, 3.63) is 0 Å². The van der Waals surface area contributed by atoms with E-state index in [4.69, 9.17) is 18.9 Å². The minimum Gasteiger partial charge on any atom is -0.463 e. The average Bonchev–Trinajstić information content (AvgIpc) is 2.27. The Morgan fingerprint density at radius 1 is 1.24 bits per heavy atom. The molecule has 0 spiro atoms. The third-order valence-electron chi connectivity index (χ3n) is 2.46. The van der Waals surface area contributed by atoms with Gasteiger partial charge in [0.2, 0.25) is 0 Å². The molecule has 0 amide bonds. The Morgan fingerprint density at radius 2 is 1.94 bits per heavy atom. The van der Waals surface area contributed by atoms with Crippen LogP contribution in [0.15, 0.2) is 0 Å². The van der Waals surface area contributed by atoms with Crippen LogP contribution in [0, 0.1) is 0 Å². The minimum absolute atomic E-state index is 0.0626. The monoisotopic (exact) mass is 246 g/mol. The summed E-state index contributed by atoms with van der Waals surface area (Å²) in [6.07, 6.45) is 0.0665. The molecule has 6 heteroatoms. The van der Waals surface area contributed by atoms with Gasteiger partial charge in [-0.3, -0.25) is 9.59 Å². The molecule has 1 rings (SSSR count). The van der Waals surface area contributed by atoms with Crippen molar-refractivity contribution in [2.45, 2.75) is 45.2 Å². The van der Waals surface area contributed by atoms with Crippen molar-refractivity contribution < 1.29 is 28.5 Å². The number of hydrogen-bond donors (Lipinski definition) is 0. The first-order chi connectivity index (χ1) is 8.02. The lowest BCUT2D eigenvalue weighted by molar-refractivity contribution is -0.229. The summed E-state index contributed by atoms with van der Waals surface area (Å²) < 4.78 is 20.6. The Balaban J connectivity index is 2.54. The van der Waals surface area contributed by atoms with Crippen LogP contribution < -0.4 is 0 Å². The summed E-state index contributed by atoms with van der Waals surface area (Å²) in [6.45, 7) is 2.72. The molecular weight excluding hydrogens is 228 g/mol. The molecule has 0 aromatic heterocycles. The molecule has 0 bridgehead atoms. The zero-order valence-corrected chi connectivity index (χ0v) is 10.3. The van der Waals surface area contributed by atoms with Crippen LogP contribution in [0.5, 0.6) is 0 Å². The topological polar surface area (TPSA) is 71.1 Å². The zero-order valence-electron chi connectivity index (χ0n) is 10.3. The van der Waals surface area contributed by atoms with Gasteiger partial charge in [-0.2, -0.15) is 0 Å². The smallest absolute Gasteiger partial charge is 0.302 e. The summed E-state index contributed by atoms with van der Waals surface area (Å²) in [6, 6.07) is 0. The second-order valence-electron chi connectivity index (χ2n) is 3.87. The number of carbonyl (C=O) groups is 2. The summed E-state index contributed by atoms with van der Waals surface area (Å²) >= 11 is 0. The highest BCUT2D eigenvalue weighted by atomic mass is 16.7. The van der Waals surface area contributed by atoms with E-state index in [-0.39, 0.29) is 18.9 Å². The molecule has 1 saturated heterocycles. The van der Waals surface area contributed by atoms with E-state index in [2.05, 4.69) is 0 Å². The maximum absolute atomic E-state index is 10.9. The third-order valence-corrected chi connectivity index (χ3v) is 2.46. The fourth-order valence-corrected chi connectivity index (χ4v) is 1.70. The molecule has 0 aromatic carbocycles. The summed E-state index contributed by atoms with van der Waals surface area (Å²) in [5.41, 5.74) is 0. The van der Waals surface area contributed by atoms with Crippen molar-refractivity contribution in [1.29, 1.82) is 0 Å². The molecule has 1 aliphatic heterocycles. The molecule has 1 heterocycles.